The average Bonchev–Trinajstić information content (AvgIpc) is 2.76. The maximum absolute atomic E-state index is 13.0. The molecule has 0 aliphatic rings. The summed E-state index contributed by atoms with van der Waals surface area (Å²) in [5, 5.41) is 0. The zero-order valence-corrected chi connectivity index (χ0v) is 9.98. The van der Waals surface area contributed by atoms with Gasteiger partial charge in [-0.1, -0.05) is 6.07 Å². The van der Waals surface area contributed by atoms with Gasteiger partial charge in [-0.25, -0.2) is 12.8 Å². The number of benzene rings is 1. The Bertz CT molecular complexity index is 673. The van der Waals surface area contributed by atoms with Crippen LogP contribution >= 0.6 is 0 Å². The summed E-state index contributed by atoms with van der Waals surface area (Å²) in [5.41, 5.74) is 0. The van der Waals surface area contributed by atoms with Crippen molar-refractivity contribution in [3.63, 3.8) is 0 Å². The molecule has 94 valence electrons. The molecule has 2 rings (SSSR count). The molecule has 0 saturated heterocycles. The van der Waals surface area contributed by atoms with Gasteiger partial charge in [0, 0.05) is 0 Å². The first-order valence-corrected chi connectivity index (χ1v) is 6.69. The lowest BCUT2D eigenvalue weighted by molar-refractivity contribution is 0.109. The lowest BCUT2D eigenvalue weighted by Gasteiger charge is -2.02. The van der Waals surface area contributed by atoms with Crippen molar-refractivity contribution in [2.75, 3.05) is 0 Å². The van der Waals surface area contributed by atoms with Crippen molar-refractivity contribution in [3.8, 4) is 0 Å². The molecule has 0 spiro atoms. The van der Waals surface area contributed by atoms with E-state index >= 15 is 0 Å². The first kappa shape index (κ1) is 12.5. The van der Waals surface area contributed by atoms with E-state index in [9.17, 15) is 17.6 Å². The SMILES string of the molecule is O=Cc1ccc(CS(=O)(=O)c2cccc(F)c2)o1. The normalized spacial score (nSPS) is 11.4. The summed E-state index contributed by atoms with van der Waals surface area (Å²) in [4.78, 5) is 10.3. The number of hydrogen-bond acceptors (Lipinski definition) is 4. The lowest BCUT2D eigenvalue weighted by atomic mass is 10.4. The van der Waals surface area contributed by atoms with Crippen LogP contribution in [0.25, 0.3) is 0 Å². The molecule has 6 heteroatoms. The van der Waals surface area contributed by atoms with Crippen LogP contribution in [0.3, 0.4) is 0 Å². The van der Waals surface area contributed by atoms with Crippen LogP contribution in [-0.4, -0.2) is 14.7 Å². The topological polar surface area (TPSA) is 64.3 Å². The molecule has 0 saturated carbocycles. The molecule has 4 nitrogen and oxygen atoms in total. The lowest BCUT2D eigenvalue weighted by Crippen LogP contribution is -2.04. The number of rotatable bonds is 4. The van der Waals surface area contributed by atoms with Crippen molar-refractivity contribution >= 4 is 16.1 Å². The number of hydrogen-bond donors (Lipinski definition) is 0. The molecule has 0 atom stereocenters. The van der Waals surface area contributed by atoms with E-state index in [-0.39, 0.29) is 16.4 Å². The Morgan fingerprint density at radius 3 is 2.61 bits per heavy atom. The summed E-state index contributed by atoms with van der Waals surface area (Å²) >= 11 is 0. The second-order valence-corrected chi connectivity index (χ2v) is 5.63. The molecule has 2 aromatic rings. The maximum Gasteiger partial charge on any atom is 0.185 e. The van der Waals surface area contributed by atoms with Crippen molar-refractivity contribution < 1.29 is 22.0 Å². The summed E-state index contributed by atoms with van der Waals surface area (Å²) in [6.07, 6.45) is 0.484. The molecule has 18 heavy (non-hydrogen) atoms. The Hall–Kier alpha value is -1.95. The van der Waals surface area contributed by atoms with Crippen molar-refractivity contribution in [2.45, 2.75) is 10.6 Å². The third kappa shape index (κ3) is 2.65. The van der Waals surface area contributed by atoms with Crippen LogP contribution in [0.2, 0.25) is 0 Å². The predicted octanol–water partition coefficient (Wildman–Crippen LogP) is 2.21. The van der Waals surface area contributed by atoms with Crippen molar-refractivity contribution in [1.82, 2.24) is 0 Å². The van der Waals surface area contributed by atoms with Crippen LogP contribution < -0.4 is 0 Å². The van der Waals surface area contributed by atoms with Crippen LogP contribution in [0.4, 0.5) is 4.39 Å². The number of aldehydes is 1. The third-order valence-corrected chi connectivity index (χ3v) is 3.92. The van der Waals surface area contributed by atoms with Crippen LogP contribution in [0.15, 0.2) is 45.7 Å². The largest absolute Gasteiger partial charge is 0.457 e. The minimum absolute atomic E-state index is 0.0550. The first-order valence-electron chi connectivity index (χ1n) is 5.03. The molecule has 0 aliphatic carbocycles. The van der Waals surface area contributed by atoms with Crippen LogP contribution in [0.5, 0.6) is 0 Å². The van der Waals surface area contributed by atoms with Crippen molar-refractivity contribution in [2.24, 2.45) is 0 Å². The van der Waals surface area contributed by atoms with Gasteiger partial charge in [-0.3, -0.25) is 4.79 Å². The second kappa shape index (κ2) is 4.73. The van der Waals surface area contributed by atoms with E-state index in [1.54, 1.807) is 0 Å². The fourth-order valence-corrected chi connectivity index (χ4v) is 2.74. The van der Waals surface area contributed by atoms with Crippen molar-refractivity contribution in [1.29, 1.82) is 0 Å². The van der Waals surface area contributed by atoms with Crippen LogP contribution in [0.1, 0.15) is 16.3 Å². The highest BCUT2D eigenvalue weighted by atomic mass is 32.2. The van der Waals surface area contributed by atoms with Gasteiger partial charge in [0.05, 0.1) is 4.90 Å². The van der Waals surface area contributed by atoms with E-state index in [1.165, 1.54) is 24.3 Å². The Morgan fingerprint density at radius 2 is 2.00 bits per heavy atom. The van der Waals surface area contributed by atoms with E-state index in [0.29, 0.717) is 6.29 Å². The van der Waals surface area contributed by atoms with Crippen LogP contribution in [0, 0.1) is 5.82 Å². The van der Waals surface area contributed by atoms with Gasteiger partial charge in [-0.2, -0.15) is 0 Å². The van der Waals surface area contributed by atoms with E-state index in [4.69, 9.17) is 4.42 Å². The zero-order chi connectivity index (χ0) is 13.2. The van der Waals surface area contributed by atoms with Crippen LogP contribution in [-0.2, 0) is 15.6 Å². The Morgan fingerprint density at radius 1 is 1.22 bits per heavy atom. The Balaban J connectivity index is 2.29. The smallest absolute Gasteiger partial charge is 0.185 e. The minimum Gasteiger partial charge on any atom is -0.457 e. The average molecular weight is 268 g/mol. The van der Waals surface area contributed by atoms with E-state index < -0.39 is 21.4 Å². The minimum atomic E-state index is -3.68. The van der Waals surface area contributed by atoms with Gasteiger partial charge in [-0.05, 0) is 30.3 Å². The summed E-state index contributed by atoms with van der Waals surface area (Å²) in [5.74, 6) is -0.838. The van der Waals surface area contributed by atoms with Gasteiger partial charge < -0.3 is 4.42 Å². The van der Waals surface area contributed by atoms with Gasteiger partial charge in [0.2, 0.25) is 0 Å². The van der Waals surface area contributed by atoms with E-state index in [1.807, 2.05) is 0 Å². The summed E-state index contributed by atoms with van der Waals surface area (Å²) in [7, 11) is -3.68. The molecule has 1 heterocycles. The Kier molecular flexibility index (Phi) is 3.29. The van der Waals surface area contributed by atoms with Gasteiger partial charge in [0.15, 0.2) is 21.9 Å². The quantitative estimate of drug-likeness (QED) is 0.797. The molecule has 0 unspecified atom stereocenters. The molecule has 1 aromatic carbocycles. The van der Waals surface area contributed by atoms with Gasteiger partial charge in [-0.15, -0.1) is 0 Å². The fourth-order valence-electron chi connectivity index (χ4n) is 1.47. The number of halogens is 1. The molecule has 0 radical (unpaired) electrons. The molecule has 0 amide bonds. The Labute approximate surface area is 103 Å². The molecule has 0 aliphatic heterocycles. The molecule has 1 aromatic heterocycles. The fraction of sp³-hybridized carbons (Fsp3) is 0.0833. The number of sulfone groups is 1. The van der Waals surface area contributed by atoms with E-state index in [0.717, 1.165) is 12.1 Å². The maximum atomic E-state index is 13.0. The van der Waals surface area contributed by atoms with Crippen molar-refractivity contribution in [3.05, 3.63) is 53.7 Å². The molecule has 0 bridgehead atoms. The highest BCUT2D eigenvalue weighted by molar-refractivity contribution is 7.90. The standard InChI is InChI=1S/C12H9FO4S/c13-9-2-1-3-12(6-9)18(15,16)8-11-5-4-10(7-14)17-11/h1-7H,8H2. The highest BCUT2D eigenvalue weighted by Crippen LogP contribution is 2.18. The summed E-state index contributed by atoms with van der Waals surface area (Å²) in [6, 6.07) is 7.52. The van der Waals surface area contributed by atoms with Gasteiger partial charge in [0.1, 0.15) is 17.3 Å². The second-order valence-electron chi connectivity index (χ2n) is 3.64. The summed E-state index contributed by atoms with van der Waals surface area (Å²) in [6.45, 7) is 0. The summed E-state index contributed by atoms with van der Waals surface area (Å²) < 4.78 is 41.8. The third-order valence-electron chi connectivity index (χ3n) is 2.29. The molecule has 0 N–H and O–H groups in total. The zero-order valence-electron chi connectivity index (χ0n) is 9.17. The number of carbonyl (C=O) groups excluding carboxylic acids is 1. The first-order chi connectivity index (χ1) is 8.51. The molecular formula is C12H9FO4S. The number of carbonyl (C=O) groups is 1. The van der Waals surface area contributed by atoms with Gasteiger partial charge in [0.25, 0.3) is 0 Å². The van der Waals surface area contributed by atoms with Gasteiger partial charge >= 0.3 is 0 Å². The molecular weight excluding hydrogens is 259 g/mol. The monoisotopic (exact) mass is 268 g/mol. The van der Waals surface area contributed by atoms with E-state index in [2.05, 4.69) is 0 Å². The number of furan rings is 1. The predicted molar refractivity (Wildman–Crippen MR) is 61.4 cm³/mol. The highest BCUT2D eigenvalue weighted by Gasteiger charge is 2.18. The molecule has 0 fully saturated rings.